The van der Waals surface area contributed by atoms with E-state index in [0.717, 1.165) is 25.2 Å². The third-order valence-electron chi connectivity index (χ3n) is 7.41. The van der Waals surface area contributed by atoms with Gasteiger partial charge in [0.15, 0.2) is 5.96 Å². The summed E-state index contributed by atoms with van der Waals surface area (Å²) < 4.78 is 6.03. The van der Waals surface area contributed by atoms with Gasteiger partial charge in [-0.2, -0.15) is 0 Å². The molecule has 2 aliphatic heterocycles. The second-order valence-corrected chi connectivity index (χ2v) is 8.69. The lowest BCUT2D eigenvalue weighted by molar-refractivity contribution is -0.171. The molecule has 4 rings (SSSR count). The van der Waals surface area contributed by atoms with Crippen LogP contribution in [-0.4, -0.2) is 62.3 Å². The molecule has 0 radical (unpaired) electrons. The van der Waals surface area contributed by atoms with Crippen LogP contribution in [0.15, 0.2) is 4.99 Å². The molecular weight excluding hydrogens is 439 g/mol. The third-order valence-corrected chi connectivity index (χ3v) is 7.41. The van der Waals surface area contributed by atoms with Crippen molar-refractivity contribution in [3.8, 4) is 0 Å². The molecule has 0 amide bonds. The fourth-order valence-electron chi connectivity index (χ4n) is 5.78. The molecule has 0 aromatic rings. The maximum atomic E-state index is 6.03. The lowest BCUT2D eigenvalue weighted by Gasteiger charge is -2.63. The summed E-state index contributed by atoms with van der Waals surface area (Å²) in [5.74, 6) is 1.70. The first kappa shape index (κ1) is 20.6. The molecule has 1 spiro atoms. The Balaban J connectivity index is 0.00000196. The topological polar surface area (TPSA) is 48.9 Å². The highest BCUT2D eigenvalue weighted by molar-refractivity contribution is 14.0. The maximum Gasteiger partial charge on any atom is 0.191 e. The van der Waals surface area contributed by atoms with Crippen molar-refractivity contribution in [2.75, 3.05) is 33.3 Å². The lowest BCUT2D eigenvalue weighted by Crippen LogP contribution is -2.72. The number of hydrogen-bond acceptors (Lipinski definition) is 3. The van der Waals surface area contributed by atoms with Crippen LogP contribution in [0.2, 0.25) is 0 Å². The number of halogens is 1. The highest BCUT2D eigenvalue weighted by Crippen LogP contribution is 2.62. The highest BCUT2D eigenvalue weighted by Gasteiger charge is 2.66. The summed E-state index contributed by atoms with van der Waals surface area (Å²) in [6.45, 7) is 6.82. The number of hydrogen-bond donors (Lipinski definition) is 2. The maximum absolute atomic E-state index is 6.03. The molecule has 2 saturated carbocycles. The normalized spacial score (nSPS) is 35.8. The Morgan fingerprint density at radius 2 is 2.08 bits per heavy atom. The number of nitrogens with zero attached hydrogens (tertiary/aromatic N) is 2. The predicted molar refractivity (Wildman–Crippen MR) is 117 cm³/mol. The predicted octanol–water partition coefficient (Wildman–Crippen LogP) is 2.99. The van der Waals surface area contributed by atoms with E-state index >= 15 is 0 Å². The van der Waals surface area contributed by atoms with Gasteiger partial charge in [0.05, 0.1) is 6.10 Å². The number of ether oxygens (including phenoxy) is 1. The molecule has 0 aromatic carbocycles. The zero-order valence-corrected chi connectivity index (χ0v) is 18.8. The van der Waals surface area contributed by atoms with E-state index in [1.54, 1.807) is 0 Å². The van der Waals surface area contributed by atoms with Crippen LogP contribution >= 0.6 is 24.0 Å². The first-order chi connectivity index (χ1) is 12.2. The van der Waals surface area contributed by atoms with Crippen LogP contribution in [0.4, 0.5) is 0 Å². The molecule has 26 heavy (non-hydrogen) atoms. The monoisotopic (exact) mass is 476 g/mol. The quantitative estimate of drug-likeness (QED) is 0.277. The van der Waals surface area contributed by atoms with Gasteiger partial charge in [0, 0.05) is 50.2 Å². The van der Waals surface area contributed by atoms with E-state index in [4.69, 9.17) is 4.74 Å². The molecule has 2 aliphatic carbocycles. The molecule has 2 N–H and O–H groups in total. The average molecular weight is 476 g/mol. The summed E-state index contributed by atoms with van der Waals surface area (Å²) in [5, 5.41) is 7.32. The summed E-state index contributed by atoms with van der Waals surface area (Å²) >= 11 is 0. The van der Waals surface area contributed by atoms with E-state index in [1.807, 2.05) is 7.05 Å². The van der Waals surface area contributed by atoms with Gasteiger partial charge >= 0.3 is 0 Å². The van der Waals surface area contributed by atoms with E-state index in [0.29, 0.717) is 23.5 Å². The van der Waals surface area contributed by atoms with Gasteiger partial charge in [0.1, 0.15) is 0 Å². The lowest BCUT2D eigenvalue weighted by atomic mass is 9.46. The zero-order chi connectivity index (χ0) is 17.3. The number of fused-ring (bicyclic) bond motifs is 2. The molecule has 4 atom stereocenters. The van der Waals surface area contributed by atoms with E-state index in [9.17, 15) is 0 Å². The first-order valence-corrected chi connectivity index (χ1v) is 10.6. The Morgan fingerprint density at radius 3 is 2.77 bits per heavy atom. The van der Waals surface area contributed by atoms with E-state index in [1.165, 1.54) is 64.5 Å². The molecule has 150 valence electrons. The third kappa shape index (κ3) is 3.75. The van der Waals surface area contributed by atoms with Crippen LogP contribution in [0.3, 0.4) is 0 Å². The average Bonchev–Trinajstić information content (AvgIpc) is 2.99. The van der Waals surface area contributed by atoms with Crippen molar-refractivity contribution in [3.05, 3.63) is 0 Å². The van der Waals surface area contributed by atoms with Gasteiger partial charge in [-0.15, -0.1) is 24.0 Å². The van der Waals surface area contributed by atoms with Crippen molar-refractivity contribution in [2.45, 2.75) is 76.5 Å². The highest BCUT2D eigenvalue weighted by atomic mass is 127. The molecule has 0 aromatic heterocycles. The molecule has 4 fully saturated rings. The number of nitrogens with one attached hydrogen (secondary N) is 2. The largest absolute Gasteiger partial charge is 0.377 e. The fourth-order valence-corrected chi connectivity index (χ4v) is 5.78. The summed E-state index contributed by atoms with van der Waals surface area (Å²) in [6, 6.07) is 1.33. The summed E-state index contributed by atoms with van der Waals surface area (Å²) in [7, 11) is 1.90. The number of likely N-dealkylation sites (tertiary alicyclic amines) is 1. The molecular formula is C20H37IN4O. The molecule has 5 nitrogen and oxygen atoms in total. The van der Waals surface area contributed by atoms with Gasteiger partial charge < -0.3 is 20.3 Å². The molecule has 4 aliphatic rings. The first-order valence-electron chi connectivity index (χ1n) is 10.6. The Bertz CT molecular complexity index is 496. The SMILES string of the molecule is CN=C(NCCCN1CCCCC1C)NC1C2CCOC2C12CCC2.I. The minimum absolute atomic E-state index is 0. The van der Waals surface area contributed by atoms with Crippen LogP contribution in [0.5, 0.6) is 0 Å². The van der Waals surface area contributed by atoms with Gasteiger partial charge in [0.2, 0.25) is 0 Å². The summed E-state index contributed by atoms with van der Waals surface area (Å²) in [4.78, 5) is 7.14. The Labute approximate surface area is 176 Å². The van der Waals surface area contributed by atoms with Crippen LogP contribution < -0.4 is 10.6 Å². The van der Waals surface area contributed by atoms with Gasteiger partial charge in [-0.1, -0.05) is 12.8 Å². The Morgan fingerprint density at radius 1 is 1.23 bits per heavy atom. The van der Waals surface area contributed by atoms with Crippen LogP contribution in [0, 0.1) is 11.3 Å². The smallest absolute Gasteiger partial charge is 0.191 e. The van der Waals surface area contributed by atoms with Gasteiger partial charge in [-0.05, 0) is 52.0 Å². The fraction of sp³-hybridized carbons (Fsp3) is 0.950. The minimum Gasteiger partial charge on any atom is -0.377 e. The van der Waals surface area contributed by atoms with Crippen molar-refractivity contribution in [2.24, 2.45) is 16.3 Å². The van der Waals surface area contributed by atoms with E-state index in [2.05, 4.69) is 27.4 Å². The van der Waals surface area contributed by atoms with Crippen molar-refractivity contribution in [1.29, 1.82) is 0 Å². The second kappa shape index (κ2) is 8.95. The summed E-state index contributed by atoms with van der Waals surface area (Å²) in [5.41, 5.74) is 0.419. The van der Waals surface area contributed by atoms with Crippen molar-refractivity contribution in [1.82, 2.24) is 15.5 Å². The van der Waals surface area contributed by atoms with Crippen LogP contribution in [-0.2, 0) is 4.74 Å². The Hall–Kier alpha value is -0.0800. The number of aliphatic imine (C=N–C) groups is 1. The van der Waals surface area contributed by atoms with Gasteiger partial charge in [0.25, 0.3) is 0 Å². The van der Waals surface area contributed by atoms with Gasteiger partial charge in [-0.25, -0.2) is 0 Å². The van der Waals surface area contributed by atoms with Gasteiger partial charge in [-0.3, -0.25) is 4.99 Å². The van der Waals surface area contributed by atoms with Crippen molar-refractivity contribution in [3.63, 3.8) is 0 Å². The van der Waals surface area contributed by atoms with Crippen molar-refractivity contribution >= 4 is 29.9 Å². The van der Waals surface area contributed by atoms with Crippen LogP contribution in [0.25, 0.3) is 0 Å². The van der Waals surface area contributed by atoms with E-state index in [-0.39, 0.29) is 24.0 Å². The second-order valence-electron chi connectivity index (χ2n) is 8.69. The zero-order valence-electron chi connectivity index (χ0n) is 16.5. The van der Waals surface area contributed by atoms with E-state index < -0.39 is 0 Å². The number of rotatable bonds is 5. The number of piperidine rings is 1. The molecule has 2 heterocycles. The molecule has 4 unspecified atom stereocenters. The molecule has 6 heteroatoms. The van der Waals surface area contributed by atoms with Crippen molar-refractivity contribution < 1.29 is 4.74 Å². The molecule has 2 saturated heterocycles. The number of guanidine groups is 1. The standard InChI is InChI=1S/C20H36N4O.HI/c1-15-7-3-4-12-24(15)13-6-11-22-19(21-2)23-17-16-8-14-25-18(16)20(17)9-5-10-20;/h15-18H,3-14H2,1-2H3,(H2,21,22,23);1H. The molecule has 0 bridgehead atoms. The summed E-state index contributed by atoms with van der Waals surface area (Å²) in [6.07, 6.45) is 11.1. The minimum atomic E-state index is 0. The van der Waals surface area contributed by atoms with Crippen LogP contribution in [0.1, 0.15) is 58.3 Å². The Kier molecular flexibility index (Phi) is 7.11.